The second-order valence-electron chi connectivity index (χ2n) is 3.86. The van der Waals surface area contributed by atoms with Crippen molar-refractivity contribution >= 4 is 7.85 Å². The van der Waals surface area contributed by atoms with Crippen LogP contribution in [0.1, 0.15) is 0 Å². The predicted molar refractivity (Wildman–Crippen MR) is 61.5 cm³/mol. The highest BCUT2D eigenvalue weighted by Crippen LogP contribution is 2.24. The van der Waals surface area contributed by atoms with Crippen molar-refractivity contribution in [3.8, 4) is 0 Å². The highest BCUT2D eigenvalue weighted by atomic mass is 16.6. The molecule has 1 fully saturated rings. The Balaban J connectivity index is 2.46. The van der Waals surface area contributed by atoms with Gasteiger partial charge in [-0.3, -0.25) is 0 Å². The van der Waals surface area contributed by atoms with Crippen molar-refractivity contribution in [1.82, 2.24) is 0 Å². The molecular weight excluding hydrogens is 211 g/mol. The van der Waals surface area contributed by atoms with Gasteiger partial charge in [-0.1, -0.05) is 0 Å². The summed E-state index contributed by atoms with van der Waals surface area (Å²) in [5, 5.41) is 0. The van der Waals surface area contributed by atoms with E-state index >= 15 is 0 Å². The summed E-state index contributed by atoms with van der Waals surface area (Å²) in [6.07, 6.45) is -0.190. The van der Waals surface area contributed by atoms with Gasteiger partial charge in [-0.15, -0.1) is 0 Å². The molecule has 1 rings (SSSR count). The van der Waals surface area contributed by atoms with Gasteiger partial charge in [-0.05, 0) is 0 Å². The van der Waals surface area contributed by atoms with Crippen molar-refractivity contribution in [2.75, 3.05) is 41.2 Å². The van der Waals surface area contributed by atoms with Crippen LogP contribution in [0.15, 0.2) is 0 Å². The Kier molecular flexibility index (Phi) is 6.30. The molecule has 5 nitrogen and oxygen atoms in total. The van der Waals surface area contributed by atoms with Gasteiger partial charge in [0.05, 0.1) is 25.8 Å². The van der Waals surface area contributed by atoms with E-state index in [1.807, 2.05) is 7.85 Å². The van der Waals surface area contributed by atoms with E-state index in [0.29, 0.717) is 19.8 Å². The molecule has 4 atom stereocenters. The van der Waals surface area contributed by atoms with Crippen LogP contribution in [0.2, 0.25) is 0 Å². The molecule has 0 amide bonds. The molecule has 0 aromatic heterocycles. The topological polar surface area (TPSA) is 46.2 Å². The molecule has 6 heteroatoms. The number of methoxy groups -OCH3 is 3. The van der Waals surface area contributed by atoms with Crippen LogP contribution in [-0.2, 0) is 23.7 Å². The summed E-state index contributed by atoms with van der Waals surface area (Å²) in [5.41, 5.74) is 0. The second kappa shape index (κ2) is 7.24. The molecule has 0 aromatic rings. The molecule has 16 heavy (non-hydrogen) atoms. The van der Waals surface area contributed by atoms with E-state index in [1.54, 1.807) is 21.3 Å². The van der Waals surface area contributed by atoms with E-state index < -0.39 is 0 Å². The SMILES string of the molecule is B[C@@H]1O[C@H](COC)C(OC)[C@@H]1OCCOC. The molecule has 94 valence electrons. The number of hydrogen-bond acceptors (Lipinski definition) is 5. The Labute approximate surface area is 97.7 Å². The summed E-state index contributed by atoms with van der Waals surface area (Å²) in [7, 11) is 6.96. The fourth-order valence-electron chi connectivity index (χ4n) is 1.99. The maximum atomic E-state index is 5.73. The zero-order valence-corrected chi connectivity index (χ0v) is 10.5. The molecule has 1 saturated heterocycles. The fraction of sp³-hybridized carbons (Fsp3) is 1.00. The van der Waals surface area contributed by atoms with E-state index in [0.717, 1.165) is 0 Å². The Morgan fingerprint density at radius 1 is 1.06 bits per heavy atom. The average Bonchev–Trinajstić information content (AvgIpc) is 2.56. The predicted octanol–water partition coefficient (Wildman–Crippen LogP) is -0.963. The van der Waals surface area contributed by atoms with Crippen LogP contribution in [0.5, 0.6) is 0 Å². The first-order valence-corrected chi connectivity index (χ1v) is 5.52. The first-order valence-electron chi connectivity index (χ1n) is 5.52. The lowest BCUT2D eigenvalue weighted by molar-refractivity contribution is -0.0629. The molecule has 0 N–H and O–H groups in total. The monoisotopic (exact) mass is 232 g/mol. The van der Waals surface area contributed by atoms with Gasteiger partial charge in [0.15, 0.2) is 0 Å². The minimum Gasteiger partial charge on any atom is -0.382 e. The Bertz CT molecular complexity index is 192. The lowest BCUT2D eigenvalue weighted by Crippen LogP contribution is -2.39. The van der Waals surface area contributed by atoms with Crippen LogP contribution in [0.3, 0.4) is 0 Å². The lowest BCUT2D eigenvalue weighted by Gasteiger charge is -2.22. The fourth-order valence-corrected chi connectivity index (χ4v) is 1.99. The Hall–Kier alpha value is -0.135. The third-order valence-corrected chi connectivity index (χ3v) is 2.74. The molecule has 0 spiro atoms. The number of ether oxygens (including phenoxy) is 5. The van der Waals surface area contributed by atoms with Crippen LogP contribution in [0.25, 0.3) is 0 Å². The summed E-state index contributed by atoms with van der Waals surface area (Å²) in [6, 6.07) is 0.0157. The molecule has 1 unspecified atom stereocenters. The summed E-state index contributed by atoms with van der Waals surface area (Å²) in [6.45, 7) is 1.65. The van der Waals surface area contributed by atoms with Gasteiger partial charge in [0.25, 0.3) is 0 Å². The molecule has 1 aliphatic rings. The molecular formula is C10H21BO5. The van der Waals surface area contributed by atoms with Crippen molar-refractivity contribution in [3.63, 3.8) is 0 Å². The van der Waals surface area contributed by atoms with E-state index in [9.17, 15) is 0 Å². The third-order valence-electron chi connectivity index (χ3n) is 2.74. The van der Waals surface area contributed by atoms with Crippen LogP contribution < -0.4 is 0 Å². The van der Waals surface area contributed by atoms with E-state index in [2.05, 4.69) is 0 Å². The largest absolute Gasteiger partial charge is 0.382 e. The maximum absolute atomic E-state index is 5.73. The minimum absolute atomic E-state index is 0.0157. The molecule has 0 radical (unpaired) electrons. The zero-order chi connectivity index (χ0) is 12.0. The quantitative estimate of drug-likeness (QED) is 0.418. The molecule has 1 aliphatic heterocycles. The normalized spacial score (nSPS) is 34.4. The second-order valence-corrected chi connectivity index (χ2v) is 3.86. The lowest BCUT2D eigenvalue weighted by atomic mass is 9.93. The van der Waals surface area contributed by atoms with E-state index in [-0.39, 0.29) is 24.3 Å². The van der Waals surface area contributed by atoms with Gasteiger partial charge in [0.1, 0.15) is 26.2 Å². The Morgan fingerprint density at radius 3 is 2.38 bits per heavy atom. The summed E-state index contributed by atoms with van der Waals surface area (Å²) in [4.78, 5) is 0. The first-order chi connectivity index (χ1) is 7.74. The van der Waals surface area contributed by atoms with E-state index in [1.165, 1.54) is 0 Å². The average molecular weight is 232 g/mol. The molecule has 1 heterocycles. The standard InChI is InChI=1S/C10H21BO5/c1-12-4-5-15-9-8(14-3)7(6-13-2)16-10(9)11/h7-10H,4-6,11H2,1-3H3/t7-,8?,9+,10-/m1/s1. The van der Waals surface area contributed by atoms with Crippen molar-refractivity contribution in [2.24, 2.45) is 0 Å². The van der Waals surface area contributed by atoms with Crippen molar-refractivity contribution < 1.29 is 23.7 Å². The minimum atomic E-state index is -0.0770. The van der Waals surface area contributed by atoms with Crippen LogP contribution in [0, 0.1) is 0 Å². The van der Waals surface area contributed by atoms with Crippen LogP contribution in [-0.4, -0.2) is 73.3 Å². The van der Waals surface area contributed by atoms with Crippen molar-refractivity contribution in [2.45, 2.75) is 24.3 Å². The number of rotatable bonds is 7. The third kappa shape index (κ3) is 3.43. The Morgan fingerprint density at radius 2 is 1.81 bits per heavy atom. The van der Waals surface area contributed by atoms with Crippen LogP contribution >= 0.6 is 0 Å². The number of hydrogen-bond donors (Lipinski definition) is 0. The van der Waals surface area contributed by atoms with Gasteiger partial charge in [-0.25, -0.2) is 0 Å². The van der Waals surface area contributed by atoms with Gasteiger partial charge >= 0.3 is 0 Å². The van der Waals surface area contributed by atoms with Crippen molar-refractivity contribution in [3.05, 3.63) is 0 Å². The van der Waals surface area contributed by atoms with Crippen LogP contribution in [0.4, 0.5) is 0 Å². The highest BCUT2D eigenvalue weighted by Gasteiger charge is 2.43. The maximum Gasteiger partial charge on any atom is 0.142 e. The van der Waals surface area contributed by atoms with Crippen molar-refractivity contribution in [1.29, 1.82) is 0 Å². The molecule has 0 bridgehead atoms. The van der Waals surface area contributed by atoms with Gasteiger partial charge < -0.3 is 23.7 Å². The summed E-state index contributed by atoms with van der Waals surface area (Å²) < 4.78 is 26.9. The molecule has 0 aliphatic carbocycles. The highest BCUT2D eigenvalue weighted by molar-refractivity contribution is 6.11. The molecule has 0 aromatic carbocycles. The molecule has 0 saturated carbocycles. The van der Waals surface area contributed by atoms with Gasteiger partial charge in [-0.2, -0.15) is 0 Å². The zero-order valence-electron chi connectivity index (χ0n) is 10.5. The smallest absolute Gasteiger partial charge is 0.142 e. The van der Waals surface area contributed by atoms with E-state index in [4.69, 9.17) is 23.7 Å². The van der Waals surface area contributed by atoms with Gasteiger partial charge in [0, 0.05) is 21.3 Å². The van der Waals surface area contributed by atoms with Gasteiger partial charge in [0.2, 0.25) is 0 Å². The first kappa shape index (κ1) is 13.9. The summed E-state index contributed by atoms with van der Waals surface area (Å²) in [5.74, 6) is 0. The summed E-state index contributed by atoms with van der Waals surface area (Å²) >= 11 is 0.